The molecular weight excluding hydrogens is 258 g/mol. The number of hydrogen-bond donors (Lipinski definition) is 0. The van der Waals surface area contributed by atoms with E-state index in [9.17, 15) is 0 Å². The van der Waals surface area contributed by atoms with Crippen LogP contribution in [-0.2, 0) is 11.8 Å². The van der Waals surface area contributed by atoms with Crippen molar-refractivity contribution in [3.05, 3.63) is 29.3 Å². The third-order valence-electron chi connectivity index (χ3n) is 6.62. The largest absolute Gasteiger partial charge is 0.497 e. The maximum Gasteiger partial charge on any atom is 0.119 e. The average molecular weight is 285 g/mol. The molecule has 2 fully saturated rings. The van der Waals surface area contributed by atoms with E-state index >= 15 is 0 Å². The van der Waals surface area contributed by atoms with Crippen LogP contribution in [-0.4, -0.2) is 31.6 Å². The summed E-state index contributed by atoms with van der Waals surface area (Å²) >= 11 is 0. The molecule has 21 heavy (non-hydrogen) atoms. The number of rotatable bonds is 1. The van der Waals surface area contributed by atoms with Crippen LogP contribution < -0.4 is 4.74 Å². The minimum Gasteiger partial charge on any atom is -0.497 e. The molecule has 1 saturated carbocycles. The van der Waals surface area contributed by atoms with E-state index in [0.29, 0.717) is 5.41 Å². The average Bonchev–Trinajstić information content (AvgIpc) is 2.50. The van der Waals surface area contributed by atoms with Crippen molar-refractivity contribution in [2.24, 2.45) is 11.8 Å². The number of nitrogens with zero attached hydrogens (tertiary/aromatic N) is 1. The first-order valence-electron chi connectivity index (χ1n) is 8.52. The fraction of sp³-hybridized carbons (Fsp3) is 0.684. The van der Waals surface area contributed by atoms with Gasteiger partial charge in [0.15, 0.2) is 0 Å². The number of likely N-dealkylation sites (N-methyl/N-ethyl adjacent to an activating group) is 1. The molecule has 3 aliphatic rings. The lowest BCUT2D eigenvalue weighted by Crippen LogP contribution is -2.60. The highest BCUT2D eigenvalue weighted by atomic mass is 16.5. The first-order valence-corrected chi connectivity index (χ1v) is 8.52. The minimum absolute atomic E-state index is 0.428. The van der Waals surface area contributed by atoms with Crippen molar-refractivity contribution in [1.29, 1.82) is 0 Å². The van der Waals surface area contributed by atoms with Crippen LogP contribution in [0.25, 0.3) is 0 Å². The van der Waals surface area contributed by atoms with Crippen molar-refractivity contribution in [2.75, 3.05) is 20.7 Å². The van der Waals surface area contributed by atoms with Crippen molar-refractivity contribution in [2.45, 2.75) is 50.5 Å². The van der Waals surface area contributed by atoms with Crippen LogP contribution in [0.2, 0.25) is 0 Å². The molecule has 114 valence electrons. The van der Waals surface area contributed by atoms with E-state index in [1.165, 1.54) is 38.6 Å². The fourth-order valence-electron chi connectivity index (χ4n) is 5.60. The summed E-state index contributed by atoms with van der Waals surface area (Å²) < 4.78 is 5.53. The first kappa shape index (κ1) is 13.6. The molecule has 0 N–H and O–H groups in total. The monoisotopic (exact) mass is 285 g/mol. The van der Waals surface area contributed by atoms with Crippen molar-refractivity contribution in [3.63, 3.8) is 0 Å². The Balaban J connectivity index is 1.88. The number of likely N-dealkylation sites (tertiary alicyclic amines) is 1. The minimum atomic E-state index is 0.428. The van der Waals surface area contributed by atoms with Crippen LogP contribution >= 0.6 is 0 Å². The Morgan fingerprint density at radius 2 is 2.14 bits per heavy atom. The molecule has 0 aromatic heterocycles. The SMILES string of the molecule is COc1ccc2c(c1)[C@]13CCN(C)[C@H](C2)[C@@H]1CC[C@H](C)C3. The summed E-state index contributed by atoms with van der Waals surface area (Å²) in [5, 5.41) is 0. The van der Waals surface area contributed by atoms with Crippen LogP contribution in [0.15, 0.2) is 18.2 Å². The highest BCUT2D eigenvalue weighted by molar-refractivity contribution is 5.45. The van der Waals surface area contributed by atoms with Crippen LogP contribution in [0.3, 0.4) is 0 Å². The molecule has 1 aromatic rings. The van der Waals surface area contributed by atoms with Gasteiger partial charge in [0.2, 0.25) is 0 Å². The number of hydrogen-bond acceptors (Lipinski definition) is 2. The molecule has 4 atom stereocenters. The lowest BCUT2D eigenvalue weighted by molar-refractivity contribution is -0.0110. The molecule has 4 rings (SSSR count). The van der Waals surface area contributed by atoms with Gasteiger partial charge < -0.3 is 9.64 Å². The zero-order valence-corrected chi connectivity index (χ0v) is 13.6. The molecule has 1 heterocycles. The van der Waals surface area contributed by atoms with E-state index < -0.39 is 0 Å². The number of methoxy groups -OCH3 is 1. The van der Waals surface area contributed by atoms with Gasteiger partial charge in [0.05, 0.1) is 7.11 Å². The van der Waals surface area contributed by atoms with Crippen LogP contribution in [0.4, 0.5) is 0 Å². The predicted molar refractivity (Wildman–Crippen MR) is 85.9 cm³/mol. The smallest absolute Gasteiger partial charge is 0.119 e. The third kappa shape index (κ3) is 1.88. The zero-order valence-electron chi connectivity index (χ0n) is 13.6. The molecule has 0 radical (unpaired) electrons. The molecule has 0 unspecified atom stereocenters. The summed E-state index contributed by atoms with van der Waals surface area (Å²) in [5.41, 5.74) is 3.64. The molecule has 2 bridgehead atoms. The molecule has 1 aromatic carbocycles. The second-order valence-electron chi connectivity index (χ2n) is 7.67. The number of fused-ring (bicyclic) bond motifs is 1. The number of ether oxygens (including phenoxy) is 1. The molecule has 0 amide bonds. The van der Waals surface area contributed by atoms with Crippen LogP contribution in [0.1, 0.15) is 43.7 Å². The van der Waals surface area contributed by atoms with Crippen molar-refractivity contribution in [3.8, 4) is 5.75 Å². The molecule has 0 spiro atoms. The Kier molecular flexibility index (Phi) is 3.08. The maximum atomic E-state index is 5.53. The predicted octanol–water partition coefficient (Wildman–Crippen LogP) is 3.63. The Labute approximate surface area is 128 Å². The normalized spacial score (nSPS) is 38.5. The van der Waals surface area contributed by atoms with Crippen molar-refractivity contribution >= 4 is 0 Å². The first-order chi connectivity index (χ1) is 10.1. The van der Waals surface area contributed by atoms with Gasteiger partial charge in [-0.25, -0.2) is 0 Å². The van der Waals surface area contributed by atoms with E-state index in [-0.39, 0.29) is 0 Å². The molecule has 1 aliphatic heterocycles. The lowest BCUT2D eigenvalue weighted by Gasteiger charge is -2.59. The van der Waals surface area contributed by atoms with E-state index in [2.05, 4.69) is 37.1 Å². The van der Waals surface area contributed by atoms with E-state index in [1.54, 1.807) is 18.2 Å². The van der Waals surface area contributed by atoms with Gasteiger partial charge in [-0.2, -0.15) is 0 Å². The van der Waals surface area contributed by atoms with Gasteiger partial charge >= 0.3 is 0 Å². The number of piperidine rings is 1. The molecule has 2 heteroatoms. The third-order valence-corrected chi connectivity index (χ3v) is 6.62. The number of benzene rings is 1. The molecular formula is C19H27NO. The molecule has 2 nitrogen and oxygen atoms in total. The summed E-state index contributed by atoms with van der Waals surface area (Å²) in [5.74, 6) is 2.76. The van der Waals surface area contributed by atoms with Crippen molar-refractivity contribution in [1.82, 2.24) is 4.90 Å². The van der Waals surface area contributed by atoms with Gasteiger partial charge in [-0.15, -0.1) is 0 Å². The fourth-order valence-corrected chi connectivity index (χ4v) is 5.60. The lowest BCUT2D eigenvalue weighted by atomic mass is 9.51. The summed E-state index contributed by atoms with van der Waals surface area (Å²) in [6.07, 6.45) is 6.76. The van der Waals surface area contributed by atoms with Gasteiger partial charge in [0.1, 0.15) is 5.75 Å². The topological polar surface area (TPSA) is 12.5 Å². The van der Waals surface area contributed by atoms with Gasteiger partial charge in [-0.1, -0.05) is 19.4 Å². The van der Waals surface area contributed by atoms with Crippen molar-refractivity contribution < 1.29 is 4.74 Å². The highest BCUT2D eigenvalue weighted by Gasteiger charge is 2.54. The second kappa shape index (κ2) is 4.74. The summed E-state index contributed by atoms with van der Waals surface area (Å²) in [6, 6.07) is 7.60. The van der Waals surface area contributed by atoms with E-state index in [4.69, 9.17) is 4.74 Å². The standard InChI is InChI=1S/C19H27NO/c1-13-4-7-16-18-10-14-5-6-15(21-3)11-17(14)19(16,12-13)8-9-20(18)2/h5-6,11,13,16,18H,4,7-10,12H2,1-3H3/t13-,16-,18+,19-/m0/s1. The van der Waals surface area contributed by atoms with E-state index in [1.807, 2.05) is 0 Å². The maximum absolute atomic E-state index is 5.53. The Morgan fingerprint density at radius 3 is 2.95 bits per heavy atom. The Hall–Kier alpha value is -1.02. The highest BCUT2D eigenvalue weighted by Crippen LogP contribution is 2.57. The Bertz CT molecular complexity index is 554. The quantitative estimate of drug-likeness (QED) is 0.781. The van der Waals surface area contributed by atoms with Crippen LogP contribution in [0, 0.1) is 11.8 Å². The summed E-state index contributed by atoms with van der Waals surface area (Å²) in [4.78, 5) is 2.63. The van der Waals surface area contributed by atoms with Crippen LogP contribution in [0.5, 0.6) is 5.75 Å². The van der Waals surface area contributed by atoms with Gasteiger partial charge in [0.25, 0.3) is 0 Å². The zero-order chi connectivity index (χ0) is 14.6. The van der Waals surface area contributed by atoms with Gasteiger partial charge in [-0.3, -0.25) is 0 Å². The second-order valence-corrected chi connectivity index (χ2v) is 7.67. The molecule has 1 saturated heterocycles. The Morgan fingerprint density at radius 1 is 1.29 bits per heavy atom. The summed E-state index contributed by atoms with van der Waals surface area (Å²) in [6.45, 7) is 3.71. The summed E-state index contributed by atoms with van der Waals surface area (Å²) in [7, 11) is 4.13. The van der Waals surface area contributed by atoms with Gasteiger partial charge in [-0.05, 0) is 74.4 Å². The molecule has 2 aliphatic carbocycles. The van der Waals surface area contributed by atoms with Gasteiger partial charge in [0, 0.05) is 11.5 Å². The van der Waals surface area contributed by atoms with E-state index in [0.717, 1.165) is 23.6 Å².